The van der Waals surface area contributed by atoms with Crippen molar-refractivity contribution in [1.29, 1.82) is 0 Å². The minimum absolute atomic E-state index is 0.124. The largest absolute Gasteiger partial charge is 0.375 e. The van der Waals surface area contributed by atoms with Crippen LogP contribution < -0.4 is 0 Å². The van der Waals surface area contributed by atoms with Gasteiger partial charge in [-0.2, -0.15) is 0 Å². The number of aliphatic hydroxyl groups is 1. The van der Waals surface area contributed by atoms with Crippen molar-refractivity contribution in [2.24, 2.45) is 35.0 Å². The molecule has 0 radical (unpaired) electrons. The summed E-state index contributed by atoms with van der Waals surface area (Å²) in [5.74, 6) is 2.76. The maximum atomic E-state index is 11.4. The molecule has 28 heavy (non-hydrogen) atoms. The molecule has 2 bridgehead atoms. The lowest BCUT2D eigenvalue weighted by atomic mass is 9.75. The number of fused-ring (bicyclic) bond motifs is 2. The highest BCUT2D eigenvalue weighted by Gasteiger charge is 2.55. The molecule has 0 amide bonds. The van der Waals surface area contributed by atoms with Gasteiger partial charge >= 0.3 is 0 Å². The van der Waals surface area contributed by atoms with Crippen LogP contribution in [0, 0.1) is 35.0 Å². The number of hydrogen-bond donors (Lipinski definition) is 1. The Morgan fingerprint density at radius 2 is 1.79 bits per heavy atom. The molecule has 162 valence electrons. The van der Waals surface area contributed by atoms with Crippen molar-refractivity contribution in [1.82, 2.24) is 0 Å². The molecule has 1 N–H and O–H groups in total. The van der Waals surface area contributed by atoms with Crippen LogP contribution in [0.25, 0.3) is 0 Å². The predicted molar refractivity (Wildman–Crippen MR) is 113 cm³/mol. The van der Waals surface area contributed by atoms with Crippen molar-refractivity contribution in [3.8, 4) is 0 Å². The second-order valence-electron chi connectivity index (χ2n) is 12.1. The average molecular weight is 393 g/mol. The fourth-order valence-electron chi connectivity index (χ4n) is 7.16. The Bertz CT molecular complexity index is 530. The SMILES string of the molecule is CC(C)CC1CC(C(C)(C)C)CC1C(O)OC1(C2CC3CCC2O3)CCCC1. The zero-order chi connectivity index (χ0) is 20.1. The molecule has 0 aromatic rings. The molecule has 2 saturated carbocycles. The van der Waals surface area contributed by atoms with Crippen LogP contribution in [0.3, 0.4) is 0 Å². The van der Waals surface area contributed by atoms with Crippen LogP contribution in [0.5, 0.6) is 0 Å². The fourth-order valence-corrected chi connectivity index (χ4v) is 7.16. The Labute approximate surface area is 172 Å². The number of ether oxygens (including phenoxy) is 2. The lowest BCUT2D eigenvalue weighted by molar-refractivity contribution is -0.235. The van der Waals surface area contributed by atoms with Gasteiger partial charge in [-0.1, -0.05) is 47.5 Å². The second-order valence-corrected chi connectivity index (χ2v) is 12.1. The maximum Gasteiger partial charge on any atom is 0.158 e. The van der Waals surface area contributed by atoms with Crippen LogP contribution in [-0.2, 0) is 9.47 Å². The molecule has 4 rings (SSSR count). The van der Waals surface area contributed by atoms with E-state index in [0.29, 0.717) is 47.2 Å². The van der Waals surface area contributed by atoms with Gasteiger partial charge in [-0.3, -0.25) is 0 Å². The number of rotatable bonds is 6. The molecule has 3 nitrogen and oxygen atoms in total. The molecule has 4 aliphatic rings. The summed E-state index contributed by atoms with van der Waals surface area (Å²) in [4.78, 5) is 0. The highest BCUT2D eigenvalue weighted by molar-refractivity contribution is 5.04. The molecule has 7 unspecified atom stereocenters. The first-order valence-electron chi connectivity index (χ1n) is 12.2. The standard InChI is InChI=1S/C25H44O3/c1-16(2)12-17-13-18(24(3,4)5)14-20(17)23(26)28-25(10-6-7-11-25)21-15-19-8-9-22(21)27-19/h16-23,26H,6-15H2,1-5H3. The zero-order valence-electron chi connectivity index (χ0n) is 19.0. The van der Waals surface area contributed by atoms with Crippen LogP contribution in [0.15, 0.2) is 0 Å². The minimum Gasteiger partial charge on any atom is -0.375 e. The van der Waals surface area contributed by atoms with Gasteiger partial charge in [0.2, 0.25) is 0 Å². The topological polar surface area (TPSA) is 38.7 Å². The van der Waals surface area contributed by atoms with Gasteiger partial charge in [-0.05, 0) is 74.5 Å². The smallest absolute Gasteiger partial charge is 0.158 e. The Morgan fingerprint density at radius 1 is 1.07 bits per heavy atom. The van der Waals surface area contributed by atoms with Gasteiger partial charge in [0.25, 0.3) is 0 Å². The molecule has 0 spiro atoms. The van der Waals surface area contributed by atoms with E-state index in [4.69, 9.17) is 9.47 Å². The molecule has 3 heteroatoms. The lowest BCUT2D eigenvalue weighted by Crippen LogP contribution is -2.47. The Balaban J connectivity index is 1.49. The van der Waals surface area contributed by atoms with Gasteiger partial charge in [0.15, 0.2) is 6.29 Å². The molecule has 2 aliphatic heterocycles. The quantitative estimate of drug-likeness (QED) is 0.569. The van der Waals surface area contributed by atoms with Gasteiger partial charge in [-0.25, -0.2) is 0 Å². The molecule has 0 aromatic heterocycles. The van der Waals surface area contributed by atoms with Crippen molar-refractivity contribution in [2.45, 2.75) is 123 Å². The number of aliphatic hydroxyl groups excluding tert-OH is 1. The van der Waals surface area contributed by atoms with Crippen LogP contribution in [0.2, 0.25) is 0 Å². The van der Waals surface area contributed by atoms with Gasteiger partial charge in [0.1, 0.15) is 0 Å². The van der Waals surface area contributed by atoms with Crippen molar-refractivity contribution in [3.63, 3.8) is 0 Å². The highest BCUT2D eigenvalue weighted by Crippen LogP contribution is 2.54. The Kier molecular flexibility index (Phi) is 5.92. The summed E-state index contributed by atoms with van der Waals surface area (Å²) >= 11 is 0. The summed E-state index contributed by atoms with van der Waals surface area (Å²) < 4.78 is 13.0. The first-order valence-corrected chi connectivity index (χ1v) is 12.2. The van der Waals surface area contributed by atoms with Gasteiger partial charge < -0.3 is 14.6 Å². The molecular formula is C25H44O3. The van der Waals surface area contributed by atoms with E-state index in [2.05, 4.69) is 34.6 Å². The molecule has 0 aromatic carbocycles. The molecule has 2 saturated heterocycles. The summed E-state index contributed by atoms with van der Waals surface area (Å²) in [6, 6.07) is 0. The first kappa shape index (κ1) is 21.1. The third-order valence-corrected chi connectivity index (χ3v) is 8.70. The summed E-state index contributed by atoms with van der Waals surface area (Å²) in [5.41, 5.74) is 0.189. The van der Waals surface area contributed by atoms with Crippen molar-refractivity contribution in [3.05, 3.63) is 0 Å². The third kappa shape index (κ3) is 4.05. The van der Waals surface area contributed by atoms with E-state index < -0.39 is 6.29 Å². The van der Waals surface area contributed by atoms with Crippen LogP contribution >= 0.6 is 0 Å². The van der Waals surface area contributed by atoms with E-state index in [9.17, 15) is 5.11 Å². The Hall–Kier alpha value is -0.120. The molecule has 2 aliphatic carbocycles. The average Bonchev–Trinajstić information content (AvgIpc) is 3.37. The lowest BCUT2D eigenvalue weighted by Gasteiger charge is -2.42. The van der Waals surface area contributed by atoms with Crippen LogP contribution in [0.4, 0.5) is 0 Å². The third-order valence-electron chi connectivity index (χ3n) is 8.70. The minimum atomic E-state index is -0.603. The molecule has 2 heterocycles. The van der Waals surface area contributed by atoms with Crippen LogP contribution in [-0.4, -0.2) is 29.2 Å². The van der Waals surface area contributed by atoms with E-state index in [-0.39, 0.29) is 5.60 Å². The van der Waals surface area contributed by atoms with Crippen molar-refractivity contribution >= 4 is 0 Å². The van der Waals surface area contributed by atoms with E-state index in [1.54, 1.807) is 0 Å². The molecular weight excluding hydrogens is 348 g/mol. The fraction of sp³-hybridized carbons (Fsp3) is 1.00. The van der Waals surface area contributed by atoms with Gasteiger partial charge in [0.05, 0.1) is 17.8 Å². The highest BCUT2D eigenvalue weighted by atomic mass is 16.6. The second kappa shape index (κ2) is 7.85. The van der Waals surface area contributed by atoms with Gasteiger partial charge in [0, 0.05) is 11.8 Å². The Morgan fingerprint density at radius 3 is 2.32 bits per heavy atom. The normalized spacial score (nSPS) is 41.2. The van der Waals surface area contributed by atoms with E-state index in [1.165, 1.54) is 38.5 Å². The zero-order valence-corrected chi connectivity index (χ0v) is 19.0. The summed E-state index contributed by atoms with van der Waals surface area (Å²) in [6.45, 7) is 11.7. The molecule has 7 atom stereocenters. The van der Waals surface area contributed by atoms with Crippen molar-refractivity contribution < 1.29 is 14.6 Å². The summed E-state index contributed by atoms with van der Waals surface area (Å²) in [5, 5.41) is 11.4. The van der Waals surface area contributed by atoms with Crippen LogP contribution in [0.1, 0.15) is 98.8 Å². The van der Waals surface area contributed by atoms with Crippen molar-refractivity contribution in [2.75, 3.05) is 0 Å². The van der Waals surface area contributed by atoms with E-state index in [1.807, 2.05) is 0 Å². The predicted octanol–water partition coefficient (Wildman–Crippen LogP) is 5.94. The monoisotopic (exact) mass is 392 g/mol. The van der Waals surface area contributed by atoms with E-state index >= 15 is 0 Å². The summed E-state index contributed by atoms with van der Waals surface area (Å²) in [6.07, 6.45) is 12.1. The summed E-state index contributed by atoms with van der Waals surface area (Å²) in [7, 11) is 0. The van der Waals surface area contributed by atoms with Gasteiger partial charge in [-0.15, -0.1) is 0 Å². The van der Waals surface area contributed by atoms with E-state index in [0.717, 1.165) is 25.7 Å². The maximum absolute atomic E-state index is 11.4. The number of hydrogen-bond acceptors (Lipinski definition) is 3. The first-order chi connectivity index (χ1) is 13.2. The molecule has 4 fully saturated rings.